The van der Waals surface area contributed by atoms with E-state index in [2.05, 4.69) is 0 Å². The van der Waals surface area contributed by atoms with Crippen LogP contribution < -0.4 is 0 Å². The van der Waals surface area contributed by atoms with Gasteiger partial charge >= 0.3 is 11.9 Å². The monoisotopic (exact) mass is 318 g/mol. The standard InChI is InChI=1S/C16H30O6/c1-9-12(14(18)20-22-16(6,7)8)10-11(2)13(17)19-21-15(3,4)5/h11-12H,9-10H2,1-8H3. The number of rotatable bonds is 7. The Morgan fingerprint density at radius 2 is 1.27 bits per heavy atom. The molecule has 130 valence electrons. The van der Waals surface area contributed by atoms with Crippen molar-refractivity contribution in [2.45, 2.75) is 79.4 Å². The van der Waals surface area contributed by atoms with Gasteiger partial charge in [-0.25, -0.2) is 9.59 Å². The van der Waals surface area contributed by atoms with E-state index in [1.807, 2.05) is 6.92 Å². The van der Waals surface area contributed by atoms with Gasteiger partial charge in [0.2, 0.25) is 0 Å². The molecule has 6 heteroatoms. The van der Waals surface area contributed by atoms with Gasteiger partial charge in [0, 0.05) is 0 Å². The summed E-state index contributed by atoms with van der Waals surface area (Å²) >= 11 is 0. The third kappa shape index (κ3) is 9.73. The molecule has 0 fully saturated rings. The molecule has 22 heavy (non-hydrogen) atoms. The number of carbonyl (C=O) groups excluding carboxylic acids is 2. The number of hydrogen-bond acceptors (Lipinski definition) is 6. The molecule has 0 heterocycles. The molecule has 0 rings (SSSR count). The van der Waals surface area contributed by atoms with Crippen LogP contribution in [0.5, 0.6) is 0 Å². The predicted octanol–water partition coefficient (Wildman–Crippen LogP) is 3.59. The van der Waals surface area contributed by atoms with E-state index >= 15 is 0 Å². The van der Waals surface area contributed by atoms with Crippen molar-refractivity contribution in [3.8, 4) is 0 Å². The van der Waals surface area contributed by atoms with Crippen LogP contribution >= 0.6 is 0 Å². The van der Waals surface area contributed by atoms with Crippen LogP contribution in [0.3, 0.4) is 0 Å². The van der Waals surface area contributed by atoms with Crippen molar-refractivity contribution in [2.75, 3.05) is 0 Å². The van der Waals surface area contributed by atoms with Crippen molar-refractivity contribution in [1.82, 2.24) is 0 Å². The van der Waals surface area contributed by atoms with Crippen LogP contribution in [-0.2, 0) is 29.1 Å². The van der Waals surface area contributed by atoms with Crippen molar-refractivity contribution in [3.05, 3.63) is 0 Å². The molecule has 0 N–H and O–H groups in total. The van der Waals surface area contributed by atoms with Crippen molar-refractivity contribution in [2.24, 2.45) is 11.8 Å². The third-order valence-electron chi connectivity index (χ3n) is 2.61. The average Bonchev–Trinajstić information content (AvgIpc) is 2.37. The maximum Gasteiger partial charge on any atom is 0.345 e. The minimum atomic E-state index is -0.570. The summed E-state index contributed by atoms with van der Waals surface area (Å²) in [5.41, 5.74) is -1.14. The Hall–Kier alpha value is -1.14. The summed E-state index contributed by atoms with van der Waals surface area (Å²) in [5.74, 6) is -1.89. The highest BCUT2D eigenvalue weighted by Crippen LogP contribution is 2.21. The molecule has 0 saturated carbocycles. The fourth-order valence-electron chi connectivity index (χ4n) is 1.43. The minimum Gasteiger partial charge on any atom is -0.298 e. The molecule has 0 aromatic heterocycles. The van der Waals surface area contributed by atoms with Crippen LogP contribution in [0.25, 0.3) is 0 Å². The summed E-state index contributed by atoms with van der Waals surface area (Å²) in [6.07, 6.45) is 0.860. The second kappa shape index (κ2) is 8.48. The van der Waals surface area contributed by atoms with Gasteiger partial charge in [0.15, 0.2) is 0 Å². The van der Waals surface area contributed by atoms with E-state index in [1.54, 1.807) is 48.5 Å². The molecular weight excluding hydrogens is 288 g/mol. The van der Waals surface area contributed by atoms with Gasteiger partial charge in [-0.1, -0.05) is 13.8 Å². The van der Waals surface area contributed by atoms with Crippen LogP contribution in [0, 0.1) is 11.8 Å². The second-order valence-electron chi connectivity index (χ2n) is 7.44. The largest absolute Gasteiger partial charge is 0.345 e. The van der Waals surface area contributed by atoms with Crippen LogP contribution in [0.2, 0.25) is 0 Å². The van der Waals surface area contributed by atoms with E-state index < -0.39 is 35.0 Å². The molecule has 0 aromatic rings. The minimum absolute atomic E-state index is 0.315. The molecule has 0 amide bonds. The Labute approximate surface area is 133 Å². The normalized spacial score (nSPS) is 15.1. The van der Waals surface area contributed by atoms with Gasteiger partial charge in [-0.15, -0.1) is 0 Å². The third-order valence-corrected chi connectivity index (χ3v) is 2.61. The zero-order valence-corrected chi connectivity index (χ0v) is 15.0. The Morgan fingerprint density at radius 1 is 0.864 bits per heavy atom. The highest BCUT2D eigenvalue weighted by atomic mass is 17.2. The molecule has 0 spiro atoms. The molecule has 2 unspecified atom stereocenters. The lowest BCUT2D eigenvalue weighted by atomic mass is 9.94. The Balaban J connectivity index is 4.41. The molecule has 2 atom stereocenters. The van der Waals surface area contributed by atoms with Gasteiger partial charge in [0.05, 0.1) is 11.8 Å². The molecule has 0 saturated heterocycles. The highest BCUT2D eigenvalue weighted by Gasteiger charge is 2.28. The lowest BCUT2D eigenvalue weighted by Crippen LogP contribution is -2.29. The van der Waals surface area contributed by atoms with Crippen LogP contribution in [0.1, 0.15) is 68.2 Å². The predicted molar refractivity (Wildman–Crippen MR) is 81.4 cm³/mol. The molecule has 6 nitrogen and oxygen atoms in total. The summed E-state index contributed by atoms with van der Waals surface area (Å²) in [6.45, 7) is 14.2. The van der Waals surface area contributed by atoms with Gasteiger partial charge in [-0.3, -0.25) is 9.78 Å². The summed E-state index contributed by atoms with van der Waals surface area (Å²) in [7, 11) is 0. The van der Waals surface area contributed by atoms with Gasteiger partial charge < -0.3 is 0 Å². The maximum absolute atomic E-state index is 12.0. The van der Waals surface area contributed by atoms with E-state index in [0.29, 0.717) is 12.8 Å². The summed E-state index contributed by atoms with van der Waals surface area (Å²) in [5, 5.41) is 0. The Kier molecular flexibility index (Phi) is 8.04. The van der Waals surface area contributed by atoms with E-state index in [0.717, 1.165) is 0 Å². The Bertz CT molecular complexity index is 364. The number of carbonyl (C=O) groups is 2. The highest BCUT2D eigenvalue weighted by molar-refractivity contribution is 5.75. The number of hydrogen-bond donors (Lipinski definition) is 0. The first-order valence-electron chi connectivity index (χ1n) is 7.64. The van der Waals surface area contributed by atoms with Crippen LogP contribution in [0.15, 0.2) is 0 Å². The molecular formula is C16H30O6. The van der Waals surface area contributed by atoms with E-state index in [9.17, 15) is 9.59 Å². The zero-order valence-electron chi connectivity index (χ0n) is 15.0. The van der Waals surface area contributed by atoms with Crippen LogP contribution in [-0.4, -0.2) is 23.1 Å². The smallest absolute Gasteiger partial charge is 0.298 e. The van der Waals surface area contributed by atoms with E-state index in [1.165, 1.54) is 0 Å². The molecule has 0 aliphatic carbocycles. The van der Waals surface area contributed by atoms with Crippen molar-refractivity contribution in [3.63, 3.8) is 0 Å². The molecule has 0 radical (unpaired) electrons. The van der Waals surface area contributed by atoms with Gasteiger partial charge in [0.1, 0.15) is 11.2 Å². The van der Waals surface area contributed by atoms with Gasteiger partial charge in [0.25, 0.3) is 0 Å². The average molecular weight is 318 g/mol. The van der Waals surface area contributed by atoms with E-state index in [-0.39, 0.29) is 0 Å². The first-order chi connectivity index (χ1) is 9.85. The van der Waals surface area contributed by atoms with Crippen molar-refractivity contribution < 1.29 is 29.1 Å². The molecule has 0 bridgehead atoms. The van der Waals surface area contributed by atoms with Crippen molar-refractivity contribution in [1.29, 1.82) is 0 Å². The fourth-order valence-corrected chi connectivity index (χ4v) is 1.43. The maximum atomic E-state index is 12.0. The molecule has 0 aromatic carbocycles. The summed E-state index contributed by atoms with van der Waals surface area (Å²) in [6, 6.07) is 0. The first-order valence-corrected chi connectivity index (χ1v) is 7.64. The summed E-state index contributed by atoms with van der Waals surface area (Å²) in [4.78, 5) is 43.4. The lowest BCUT2D eigenvalue weighted by Gasteiger charge is -2.21. The SMILES string of the molecule is CCC(CC(C)C(=O)OOC(C)(C)C)C(=O)OOC(C)(C)C. The Morgan fingerprint density at radius 3 is 1.64 bits per heavy atom. The zero-order chi connectivity index (χ0) is 17.6. The summed E-state index contributed by atoms with van der Waals surface area (Å²) < 4.78 is 0. The topological polar surface area (TPSA) is 71.1 Å². The first kappa shape index (κ1) is 20.9. The van der Waals surface area contributed by atoms with Gasteiger partial charge in [-0.05, 0) is 54.4 Å². The van der Waals surface area contributed by atoms with Crippen LogP contribution in [0.4, 0.5) is 0 Å². The van der Waals surface area contributed by atoms with Gasteiger partial charge in [-0.2, -0.15) is 9.78 Å². The molecule has 0 aliphatic rings. The van der Waals surface area contributed by atoms with Crippen molar-refractivity contribution >= 4 is 11.9 Å². The lowest BCUT2D eigenvalue weighted by molar-refractivity contribution is -0.325. The van der Waals surface area contributed by atoms with E-state index in [4.69, 9.17) is 19.6 Å². The second-order valence-corrected chi connectivity index (χ2v) is 7.44. The quantitative estimate of drug-likeness (QED) is 0.528. The fraction of sp³-hybridized carbons (Fsp3) is 0.875. The molecule has 0 aliphatic heterocycles.